The lowest BCUT2D eigenvalue weighted by atomic mass is 10.2. The molecule has 1 aliphatic heterocycles. The van der Waals surface area contributed by atoms with E-state index in [1.807, 2.05) is 0 Å². The Bertz CT molecular complexity index is 148. The zero-order valence-electron chi connectivity index (χ0n) is 5.31. The fourth-order valence-electron chi connectivity index (χ4n) is 0.660. The van der Waals surface area contributed by atoms with Gasteiger partial charge in [-0.15, -0.1) is 0 Å². The molecule has 2 N–H and O–H groups in total. The Kier molecular flexibility index (Phi) is 2.07. The molecule has 1 rings (SSSR count). The van der Waals surface area contributed by atoms with E-state index in [1.165, 1.54) is 6.92 Å². The molecule has 10 heavy (non-hydrogen) atoms. The third-order valence-electron chi connectivity index (χ3n) is 0.950. The molecule has 0 aromatic carbocycles. The van der Waals surface area contributed by atoms with E-state index in [0.717, 1.165) is 0 Å². The zero-order valence-corrected chi connectivity index (χ0v) is 6.13. The molecule has 1 aliphatic rings. The van der Waals surface area contributed by atoms with Gasteiger partial charge in [-0.05, 0) is 6.92 Å². The molecular formula is C4H8O5S. The standard InChI is InChI=1S/C4H8O5S/c1-3(5)2-4(6)8-10(7)9-4/h3,5-6H,2H2,1H3. The molecule has 60 valence electrons. The van der Waals surface area contributed by atoms with Crippen LogP contribution in [-0.4, -0.2) is 26.5 Å². The summed E-state index contributed by atoms with van der Waals surface area (Å²) < 4.78 is 18.7. The van der Waals surface area contributed by atoms with E-state index >= 15 is 0 Å². The highest BCUT2D eigenvalue weighted by molar-refractivity contribution is 7.76. The van der Waals surface area contributed by atoms with Crippen molar-refractivity contribution < 1.29 is 22.8 Å². The Morgan fingerprint density at radius 2 is 2.20 bits per heavy atom. The summed E-state index contributed by atoms with van der Waals surface area (Å²) in [7, 11) is 0. The SMILES string of the molecule is CC(O)CC1(O)OS(=O)O1. The van der Waals surface area contributed by atoms with Crippen molar-refractivity contribution in [3.05, 3.63) is 0 Å². The molecule has 1 unspecified atom stereocenters. The monoisotopic (exact) mass is 168 g/mol. The molecule has 0 amide bonds. The summed E-state index contributed by atoms with van der Waals surface area (Å²) in [5, 5.41) is 17.7. The number of aliphatic hydroxyl groups is 2. The van der Waals surface area contributed by atoms with E-state index < -0.39 is 23.4 Å². The first-order valence-electron chi connectivity index (χ1n) is 2.73. The van der Waals surface area contributed by atoms with Crippen LogP contribution in [0.5, 0.6) is 0 Å². The molecule has 0 aromatic heterocycles. The maximum atomic E-state index is 10.1. The van der Waals surface area contributed by atoms with Crippen LogP contribution in [0.4, 0.5) is 0 Å². The summed E-state index contributed by atoms with van der Waals surface area (Å²) in [6.45, 7) is 1.46. The van der Waals surface area contributed by atoms with E-state index in [0.29, 0.717) is 0 Å². The molecule has 0 bridgehead atoms. The van der Waals surface area contributed by atoms with Crippen LogP contribution in [0.25, 0.3) is 0 Å². The maximum absolute atomic E-state index is 10.1. The predicted molar refractivity (Wildman–Crippen MR) is 31.6 cm³/mol. The Morgan fingerprint density at radius 3 is 2.50 bits per heavy atom. The quantitative estimate of drug-likeness (QED) is 0.554. The Hall–Kier alpha value is -0.0100. The van der Waals surface area contributed by atoms with Crippen molar-refractivity contribution in [1.29, 1.82) is 0 Å². The van der Waals surface area contributed by atoms with Crippen LogP contribution in [0, 0.1) is 0 Å². The van der Waals surface area contributed by atoms with E-state index in [9.17, 15) is 4.21 Å². The second-order valence-electron chi connectivity index (χ2n) is 2.14. The minimum Gasteiger partial charge on any atom is -0.393 e. The lowest BCUT2D eigenvalue weighted by molar-refractivity contribution is -0.327. The highest BCUT2D eigenvalue weighted by Crippen LogP contribution is 2.28. The van der Waals surface area contributed by atoms with Crippen molar-refractivity contribution in [3.8, 4) is 0 Å². The lowest BCUT2D eigenvalue weighted by Gasteiger charge is -2.33. The van der Waals surface area contributed by atoms with E-state index in [2.05, 4.69) is 8.37 Å². The van der Waals surface area contributed by atoms with Gasteiger partial charge in [-0.25, -0.2) is 8.37 Å². The van der Waals surface area contributed by atoms with Gasteiger partial charge >= 0.3 is 17.3 Å². The van der Waals surface area contributed by atoms with Gasteiger partial charge in [0.05, 0.1) is 12.5 Å². The zero-order chi connectivity index (χ0) is 7.78. The fraction of sp³-hybridized carbons (Fsp3) is 1.00. The van der Waals surface area contributed by atoms with Crippen LogP contribution in [0.2, 0.25) is 0 Å². The van der Waals surface area contributed by atoms with Gasteiger partial charge in [0.1, 0.15) is 0 Å². The minimum atomic E-state index is -1.84. The highest BCUT2D eigenvalue weighted by atomic mass is 32.2. The van der Waals surface area contributed by atoms with Gasteiger partial charge in [0.2, 0.25) is 0 Å². The van der Waals surface area contributed by atoms with Gasteiger partial charge in [-0.3, -0.25) is 0 Å². The van der Waals surface area contributed by atoms with Gasteiger partial charge in [-0.1, -0.05) is 0 Å². The molecule has 1 atom stereocenters. The Morgan fingerprint density at radius 1 is 1.70 bits per heavy atom. The maximum Gasteiger partial charge on any atom is 0.314 e. The molecule has 0 aliphatic carbocycles. The van der Waals surface area contributed by atoms with Gasteiger partial charge in [0.25, 0.3) is 0 Å². The highest BCUT2D eigenvalue weighted by Gasteiger charge is 2.46. The Labute approximate surface area is 60.4 Å². The number of aliphatic hydroxyl groups excluding tert-OH is 1. The van der Waals surface area contributed by atoms with Crippen LogP contribution in [0.15, 0.2) is 0 Å². The number of hydrogen-bond donors (Lipinski definition) is 2. The molecule has 0 saturated carbocycles. The van der Waals surface area contributed by atoms with Crippen LogP contribution in [-0.2, 0) is 19.7 Å². The van der Waals surface area contributed by atoms with Crippen LogP contribution >= 0.6 is 0 Å². The summed E-state index contributed by atoms with van der Waals surface area (Å²) in [5.74, 6) is -1.83. The second kappa shape index (κ2) is 2.55. The number of rotatable bonds is 2. The van der Waals surface area contributed by atoms with Crippen molar-refractivity contribution in [2.75, 3.05) is 0 Å². The average Bonchev–Trinajstić information content (AvgIpc) is 1.57. The van der Waals surface area contributed by atoms with Crippen molar-refractivity contribution in [2.24, 2.45) is 0 Å². The Balaban J connectivity index is 2.34. The summed E-state index contributed by atoms with van der Waals surface area (Å²) in [6.07, 6.45) is -0.846. The predicted octanol–water partition coefficient (Wildman–Crippen LogP) is -0.971. The summed E-state index contributed by atoms with van der Waals surface area (Å²) in [5.41, 5.74) is 0. The van der Waals surface area contributed by atoms with Crippen molar-refractivity contribution >= 4 is 11.4 Å². The van der Waals surface area contributed by atoms with Gasteiger partial charge in [0, 0.05) is 0 Å². The smallest absolute Gasteiger partial charge is 0.314 e. The normalized spacial score (nSPS) is 42.5. The molecule has 0 radical (unpaired) electrons. The topological polar surface area (TPSA) is 76.0 Å². The van der Waals surface area contributed by atoms with Crippen LogP contribution < -0.4 is 0 Å². The van der Waals surface area contributed by atoms with Gasteiger partial charge in [-0.2, -0.15) is 4.21 Å². The molecule has 1 saturated heterocycles. The first kappa shape index (κ1) is 8.09. The van der Waals surface area contributed by atoms with E-state index in [4.69, 9.17) is 10.2 Å². The first-order valence-corrected chi connectivity index (χ1v) is 3.73. The summed E-state index contributed by atoms with van der Waals surface area (Å²) in [4.78, 5) is 0. The summed E-state index contributed by atoms with van der Waals surface area (Å²) in [6, 6.07) is 0. The van der Waals surface area contributed by atoms with Gasteiger partial charge < -0.3 is 10.2 Å². The molecule has 6 heteroatoms. The van der Waals surface area contributed by atoms with E-state index in [-0.39, 0.29) is 6.42 Å². The van der Waals surface area contributed by atoms with Crippen molar-refractivity contribution in [3.63, 3.8) is 0 Å². The fourth-order valence-corrected chi connectivity index (χ4v) is 1.23. The second-order valence-corrected chi connectivity index (χ2v) is 2.88. The van der Waals surface area contributed by atoms with Crippen molar-refractivity contribution in [1.82, 2.24) is 0 Å². The van der Waals surface area contributed by atoms with Crippen LogP contribution in [0.1, 0.15) is 13.3 Å². The minimum absolute atomic E-state index is 0.0985. The van der Waals surface area contributed by atoms with Crippen LogP contribution in [0.3, 0.4) is 0 Å². The number of hydrogen-bond acceptors (Lipinski definition) is 5. The molecule has 1 heterocycles. The lowest BCUT2D eigenvalue weighted by Crippen LogP contribution is -2.48. The molecule has 0 spiro atoms. The van der Waals surface area contributed by atoms with Crippen molar-refractivity contribution in [2.45, 2.75) is 25.4 Å². The summed E-state index contributed by atoms with van der Waals surface area (Å²) >= 11 is -1.84. The third-order valence-corrected chi connectivity index (χ3v) is 1.74. The average molecular weight is 168 g/mol. The third kappa shape index (κ3) is 1.74. The van der Waals surface area contributed by atoms with E-state index in [1.54, 1.807) is 0 Å². The molecule has 0 aromatic rings. The molecule has 5 nitrogen and oxygen atoms in total. The molecule has 1 fully saturated rings. The first-order chi connectivity index (χ1) is 4.52. The van der Waals surface area contributed by atoms with Gasteiger partial charge in [0.15, 0.2) is 0 Å². The molecular weight excluding hydrogens is 160 g/mol. The largest absolute Gasteiger partial charge is 0.393 e.